The topological polar surface area (TPSA) is 70.6 Å². The van der Waals surface area contributed by atoms with E-state index in [0.29, 0.717) is 12.0 Å². The van der Waals surface area contributed by atoms with Gasteiger partial charge < -0.3 is 20.5 Å². The number of carbonyl (C=O) groups excluding carboxylic acids is 1. The second-order valence-corrected chi connectivity index (χ2v) is 4.58. The molecule has 1 aromatic rings. The third kappa shape index (κ3) is 5.55. The van der Waals surface area contributed by atoms with E-state index in [1.807, 2.05) is 6.92 Å². The zero-order valence-corrected chi connectivity index (χ0v) is 12.0. The number of aliphatic hydroxyl groups is 1. The number of carbonyl (C=O) groups is 1. The summed E-state index contributed by atoms with van der Waals surface area (Å²) in [6.07, 6.45) is 0.505. The van der Waals surface area contributed by atoms with Gasteiger partial charge in [-0.25, -0.2) is 4.79 Å². The van der Waals surface area contributed by atoms with Crippen LogP contribution in [0.5, 0.6) is 5.75 Å². The SMILES string of the molecule is CCC(NC(=O)NC(C)CO)c1ccccc1OC(F)F. The third-order valence-corrected chi connectivity index (χ3v) is 2.88. The van der Waals surface area contributed by atoms with Gasteiger partial charge in [0.25, 0.3) is 0 Å². The van der Waals surface area contributed by atoms with Crippen LogP contribution in [0.2, 0.25) is 0 Å². The summed E-state index contributed by atoms with van der Waals surface area (Å²) < 4.78 is 29.3. The Bertz CT molecular complexity index is 458. The number of para-hydroxylation sites is 1. The van der Waals surface area contributed by atoms with Crippen molar-refractivity contribution in [2.75, 3.05) is 6.61 Å². The summed E-state index contributed by atoms with van der Waals surface area (Å²) in [6.45, 7) is 0.357. The van der Waals surface area contributed by atoms with E-state index in [0.717, 1.165) is 0 Å². The van der Waals surface area contributed by atoms with Gasteiger partial charge >= 0.3 is 12.6 Å². The van der Waals surface area contributed by atoms with Crippen LogP contribution in [0.25, 0.3) is 0 Å². The number of urea groups is 1. The zero-order chi connectivity index (χ0) is 15.8. The molecular formula is C14H20F2N2O3. The molecule has 5 nitrogen and oxygen atoms in total. The van der Waals surface area contributed by atoms with Gasteiger partial charge in [0.15, 0.2) is 0 Å². The Morgan fingerprint density at radius 2 is 2.00 bits per heavy atom. The fourth-order valence-corrected chi connectivity index (χ4v) is 1.84. The molecular weight excluding hydrogens is 282 g/mol. The summed E-state index contributed by atoms with van der Waals surface area (Å²) in [5.74, 6) is 0.0369. The molecule has 0 spiro atoms. The molecule has 0 bridgehead atoms. The summed E-state index contributed by atoms with van der Waals surface area (Å²) in [7, 11) is 0. The van der Waals surface area contributed by atoms with Crippen LogP contribution in [-0.2, 0) is 0 Å². The van der Waals surface area contributed by atoms with Crippen molar-refractivity contribution in [3.8, 4) is 5.75 Å². The van der Waals surface area contributed by atoms with Gasteiger partial charge in [-0.3, -0.25) is 0 Å². The van der Waals surface area contributed by atoms with E-state index in [9.17, 15) is 13.6 Å². The minimum Gasteiger partial charge on any atom is -0.434 e. The lowest BCUT2D eigenvalue weighted by Crippen LogP contribution is -2.43. The Morgan fingerprint density at radius 1 is 1.33 bits per heavy atom. The molecule has 1 aromatic carbocycles. The van der Waals surface area contributed by atoms with Gasteiger partial charge in [0, 0.05) is 5.56 Å². The number of benzene rings is 1. The van der Waals surface area contributed by atoms with Gasteiger partial charge in [-0.1, -0.05) is 25.1 Å². The van der Waals surface area contributed by atoms with Crippen molar-refractivity contribution in [2.45, 2.75) is 39.0 Å². The minimum atomic E-state index is -2.92. The molecule has 0 aliphatic heterocycles. The molecule has 0 heterocycles. The second kappa shape index (κ2) is 8.41. The van der Waals surface area contributed by atoms with Crippen LogP contribution in [0.3, 0.4) is 0 Å². The lowest BCUT2D eigenvalue weighted by atomic mass is 10.0. The molecule has 0 fully saturated rings. The molecule has 0 saturated heterocycles. The predicted octanol–water partition coefficient (Wildman–Crippen LogP) is 2.42. The monoisotopic (exact) mass is 302 g/mol. The van der Waals surface area contributed by atoms with Crippen LogP contribution >= 0.6 is 0 Å². The molecule has 3 N–H and O–H groups in total. The smallest absolute Gasteiger partial charge is 0.387 e. The molecule has 2 unspecified atom stereocenters. The standard InChI is InChI=1S/C14H20F2N2O3/c1-3-11(18-14(20)17-9(2)8-19)10-6-4-5-7-12(10)21-13(15)16/h4-7,9,11,13,19H,3,8H2,1-2H3,(H2,17,18,20). The number of amides is 2. The number of hydrogen-bond donors (Lipinski definition) is 3. The van der Waals surface area contributed by atoms with Crippen molar-refractivity contribution < 1.29 is 23.4 Å². The predicted molar refractivity (Wildman–Crippen MR) is 74.3 cm³/mol. The fraction of sp³-hybridized carbons (Fsp3) is 0.500. The van der Waals surface area contributed by atoms with E-state index in [-0.39, 0.29) is 12.4 Å². The van der Waals surface area contributed by atoms with Gasteiger partial charge in [0.05, 0.1) is 18.7 Å². The number of aliphatic hydroxyl groups excluding tert-OH is 1. The van der Waals surface area contributed by atoms with Gasteiger partial charge in [0.2, 0.25) is 0 Å². The Kier molecular flexibility index (Phi) is 6.87. The highest BCUT2D eigenvalue weighted by molar-refractivity contribution is 5.74. The Labute approximate surface area is 122 Å². The Hall–Kier alpha value is -1.89. The van der Waals surface area contributed by atoms with E-state index >= 15 is 0 Å². The molecule has 0 radical (unpaired) electrons. The van der Waals surface area contributed by atoms with Crippen LogP contribution < -0.4 is 15.4 Å². The molecule has 7 heteroatoms. The first-order valence-electron chi connectivity index (χ1n) is 6.69. The maximum absolute atomic E-state index is 12.4. The van der Waals surface area contributed by atoms with Crippen LogP contribution in [0.15, 0.2) is 24.3 Å². The van der Waals surface area contributed by atoms with Crippen LogP contribution in [0.4, 0.5) is 13.6 Å². The first kappa shape index (κ1) is 17.2. The van der Waals surface area contributed by atoms with Crippen LogP contribution in [0.1, 0.15) is 31.9 Å². The van der Waals surface area contributed by atoms with Gasteiger partial charge in [-0.2, -0.15) is 8.78 Å². The van der Waals surface area contributed by atoms with Crippen LogP contribution in [-0.4, -0.2) is 30.4 Å². The minimum absolute atomic E-state index is 0.0369. The largest absolute Gasteiger partial charge is 0.434 e. The number of nitrogens with one attached hydrogen (secondary N) is 2. The van der Waals surface area contributed by atoms with E-state index in [4.69, 9.17) is 5.11 Å². The van der Waals surface area contributed by atoms with E-state index in [2.05, 4.69) is 15.4 Å². The maximum atomic E-state index is 12.4. The summed E-state index contributed by atoms with van der Waals surface area (Å²) >= 11 is 0. The molecule has 0 aliphatic carbocycles. The fourth-order valence-electron chi connectivity index (χ4n) is 1.84. The molecule has 21 heavy (non-hydrogen) atoms. The Balaban J connectivity index is 2.82. The van der Waals surface area contributed by atoms with Gasteiger partial charge in [-0.05, 0) is 19.4 Å². The molecule has 0 aliphatic rings. The highest BCUT2D eigenvalue weighted by atomic mass is 19.3. The second-order valence-electron chi connectivity index (χ2n) is 4.58. The molecule has 0 aromatic heterocycles. The molecule has 0 saturated carbocycles. The average Bonchev–Trinajstić information content (AvgIpc) is 2.44. The van der Waals surface area contributed by atoms with Gasteiger partial charge in [0.1, 0.15) is 5.75 Å². The average molecular weight is 302 g/mol. The highest BCUT2D eigenvalue weighted by Gasteiger charge is 2.19. The Morgan fingerprint density at radius 3 is 2.57 bits per heavy atom. The number of halogens is 2. The number of rotatable bonds is 7. The first-order valence-corrected chi connectivity index (χ1v) is 6.69. The number of hydrogen-bond acceptors (Lipinski definition) is 3. The van der Waals surface area contributed by atoms with Gasteiger partial charge in [-0.15, -0.1) is 0 Å². The summed E-state index contributed by atoms with van der Waals surface area (Å²) in [6, 6.07) is 4.99. The number of alkyl halides is 2. The molecule has 118 valence electrons. The highest BCUT2D eigenvalue weighted by Crippen LogP contribution is 2.28. The van der Waals surface area contributed by atoms with Crippen LogP contribution in [0, 0.1) is 0 Å². The van der Waals surface area contributed by atoms with Crippen molar-refractivity contribution in [1.82, 2.24) is 10.6 Å². The van der Waals surface area contributed by atoms with Crippen molar-refractivity contribution in [2.24, 2.45) is 0 Å². The van der Waals surface area contributed by atoms with Crippen molar-refractivity contribution in [3.05, 3.63) is 29.8 Å². The van der Waals surface area contributed by atoms with E-state index in [1.165, 1.54) is 6.07 Å². The van der Waals surface area contributed by atoms with Crippen molar-refractivity contribution in [3.63, 3.8) is 0 Å². The third-order valence-electron chi connectivity index (χ3n) is 2.88. The van der Waals surface area contributed by atoms with E-state index < -0.39 is 24.7 Å². The summed E-state index contributed by atoms with van der Waals surface area (Å²) in [5.41, 5.74) is 0.479. The molecule has 1 rings (SSSR count). The summed E-state index contributed by atoms with van der Waals surface area (Å²) in [5, 5.41) is 14.1. The lowest BCUT2D eigenvalue weighted by Gasteiger charge is -2.21. The maximum Gasteiger partial charge on any atom is 0.387 e. The van der Waals surface area contributed by atoms with Crippen molar-refractivity contribution in [1.29, 1.82) is 0 Å². The zero-order valence-electron chi connectivity index (χ0n) is 12.0. The molecule has 2 atom stereocenters. The number of ether oxygens (including phenoxy) is 1. The first-order chi connectivity index (χ1) is 9.97. The normalized spacial score (nSPS) is 13.6. The summed E-state index contributed by atoms with van der Waals surface area (Å²) in [4.78, 5) is 11.8. The van der Waals surface area contributed by atoms with Crippen molar-refractivity contribution >= 4 is 6.03 Å². The molecule has 2 amide bonds. The quantitative estimate of drug-likeness (QED) is 0.724. The van der Waals surface area contributed by atoms with E-state index in [1.54, 1.807) is 25.1 Å². The lowest BCUT2D eigenvalue weighted by molar-refractivity contribution is -0.0506.